The first kappa shape index (κ1) is 16.9. The van der Waals surface area contributed by atoms with E-state index in [2.05, 4.69) is 52.3 Å². The molecule has 0 saturated carbocycles. The molecule has 1 saturated heterocycles. The number of aryl methyl sites for hydroxylation is 1. The number of thiocarbonyl (C=S) groups is 1. The Morgan fingerprint density at radius 1 is 1.32 bits per heavy atom. The molecule has 0 unspecified atom stereocenters. The summed E-state index contributed by atoms with van der Waals surface area (Å²) in [5.41, 5.74) is 0.955. The lowest BCUT2D eigenvalue weighted by atomic mass is 9.92. The highest BCUT2D eigenvalue weighted by Crippen LogP contribution is 2.25. The molecule has 1 aromatic rings. The molecule has 122 valence electrons. The summed E-state index contributed by atoms with van der Waals surface area (Å²) in [5.74, 6) is 2.96. The minimum absolute atomic E-state index is 0.578. The van der Waals surface area contributed by atoms with Crippen molar-refractivity contribution < 1.29 is 0 Å². The van der Waals surface area contributed by atoms with Gasteiger partial charge in [-0.3, -0.25) is 0 Å². The molecule has 0 amide bonds. The molecule has 2 heterocycles. The number of anilines is 2. The topological polar surface area (TPSA) is 53.1 Å². The van der Waals surface area contributed by atoms with Gasteiger partial charge >= 0.3 is 0 Å². The van der Waals surface area contributed by atoms with Gasteiger partial charge in [0.25, 0.3) is 0 Å². The normalized spacial score (nSPS) is 21.5. The minimum atomic E-state index is 0.578. The summed E-state index contributed by atoms with van der Waals surface area (Å²) in [6.07, 6.45) is 2.32. The van der Waals surface area contributed by atoms with Gasteiger partial charge in [-0.05, 0) is 43.8 Å². The van der Waals surface area contributed by atoms with E-state index >= 15 is 0 Å². The highest BCUT2D eigenvalue weighted by atomic mass is 32.1. The predicted molar refractivity (Wildman–Crippen MR) is 96.4 cm³/mol. The first-order chi connectivity index (χ1) is 10.5. The molecule has 2 rings (SSSR count). The van der Waals surface area contributed by atoms with Crippen molar-refractivity contribution in [2.45, 2.75) is 40.5 Å². The van der Waals surface area contributed by atoms with E-state index in [9.17, 15) is 0 Å². The molecule has 1 fully saturated rings. The Morgan fingerprint density at radius 2 is 2.00 bits per heavy atom. The molecule has 6 heteroatoms. The number of hydrogen-bond donors (Lipinski definition) is 2. The van der Waals surface area contributed by atoms with Crippen LogP contribution in [0.1, 0.15) is 39.3 Å². The fourth-order valence-electron chi connectivity index (χ4n) is 3.00. The number of rotatable bonds is 4. The van der Waals surface area contributed by atoms with Crippen molar-refractivity contribution in [2.24, 2.45) is 11.8 Å². The van der Waals surface area contributed by atoms with E-state index < -0.39 is 0 Å². The molecule has 5 nitrogen and oxygen atoms in total. The largest absolute Gasteiger partial charge is 0.362 e. The summed E-state index contributed by atoms with van der Waals surface area (Å²) in [4.78, 5) is 11.5. The highest BCUT2D eigenvalue weighted by molar-refractivity contribution is 7.80. The van der Waals surface area contributed by atoms with Gasteiger partial charge in [-0.15, -0.1) is 0 Å². The van der Waals surface area contributed by atoms with Gasteiger partial charge in [0.05, 0.1) is 0 Å². The number of piperidine rings is 1. The quantitative estimate of drug-likeness (QED) is 0.832. The van der Waals surface area contributed by atoms with Gasteiger partial charge in [0.2, 0.25) is 5.95 Å². The molecule has 0 aliphatic carbocycles. The molecule has 2 N–H and O–H groups in total. The Labute approximate surface area is 138 Å². The first-order valence-electron chi connectivity index (χ1n) is 8.13. The third kappa shape index (κ3) is 4.80. The Morgan fingerprint density at radius 3 is 2.64 bits per heavy atom. The number of nitrogens with one attached hydrogen (secondary N) is 2. The third-order valence-electron chi connectivity index (χ3n) is 3.79. The summed E-state index contributed by atoms with van der Waals surface area (Å²) >= 11 is 5.27. The fourth-order valence-corrected chi connectivity index (χ4v) is 3.20. The maximum absolute atomic E-state index is 5.27. The lowest BCUT2D eigenvalue weighted by Crippen LogP contribution is -2.39. The second-order valence-corrected chi connectivity index (χ2v) is 6.83. The molecule has 0 aromatic carbocycles. The maximum atomic E-state index is 5.27. The van der Waals surface area contributed by atoms with Crippen LogP contribution in [-0.2, 0) is 0 Å². The van der Waals surface area contributed by atoms with Crippen molar-refractivity contribution >= 4 is 29.1 Å². The van der Waals surface area contributed by atoms with E-state index in [4.69, 9.17) is 12.2 Å². The Kier molecular flexibility index (Phi) is 5.94. The zero-order valence-electron chi connectivity index (χ0n) is 14.0. The second kappa shape index (κ2) is 7.72. The summed E-state index contributed by atoms with van der Waals surface area (Å²) in [6, 6.07) is 2.05. The molecule has 1 aromatic heterocycles. The average molecular weight is 321 g/mol. The SMILES string of the molecule is CCCNC(=S)Nc1nc(C)cc(N2C[C@H](C)C[C@H](C)C2)n1. The van der Waals surface area contributed by atoms with E-state index in [-0.39, 0.29) is 0 Å². The van der Waals surface area contributed by atoms with Gasteiger partial charge < -0.3 is 15.5 Å². The number of nitrogens with zero attached hydrogens (tertiary/aromatic N) is 3. The lowest BCUT2D eigenvalue weighted by Gasteiger charge is -2.36. The van der Waals surface area contributed by atoms with Crippen molar-refractivity contribution in [1.82, 2.24) is 15.3 Å². The predicted octanol–water partition coefficient (Wildman–Crippen LogP) is 2.96. The lowest BCUT2D eigenvalue weighted by molar-refractivity contribution is 0.355. The molecule has 0 radical (unpaired) electrons. The average Bonchev–Trinajstić information content (AvgIpc) is 2.43. The molecular weight excluding hydrogens is 294 g/mol. The standard InChI is InChI=1S/C16H27N5S/c1-5-6-17-16(22)20-15-18-13(4)8-14(19-15)21-9-11(2)7-12(3)10-21/h8,11-12H,5-7,9-10H2,1-4H3,(H2,17,18,19,20,22)/t11-,12+. The van der Waals surface area contributed by atoms with Crippen LogP contribution in [0, 0.1) is 18.8 Å². The van der Waals surface area contributed by atoms with Crippen molar-refractivity contribution in [3.05, 3.63) is 11.8 Å². The van der Waals surface area contributed by atoms with Crippen LogP contribution in [0.4, 0.5) is 11.8 Å². The van der Waals surface area contributed by atoms with Crippen LogP contribution in [0.15, 0.2) is 6.07 Å². The van der Waals surface area contributed by atoms with E-state index in [1.54, 1.807) is 0 Å². The van der Waals surface area contributed by atoms with Gasteiger partial charge in [0, 0.05) is 31.4 Å². The summed E-state index contributed by atoms with van der Waals surface area (Å²) < 4.78 is 0. The van der Waals surface area contributed by atoms with Crippen LogP contribution in [0.5, 0.6) is 0 Å². The van der Waals surface area contributed by atoms with Gasteiger partial charge in [-0.2, -0.15) is 4.98 Å². The van der Waals surface area contributed by atoms with Crippen LogP contribution in [-0.4, -0.2) is 34.7 Å². The Bertz CT molecular complexity index is 509. The fraction of sp³-hybridized carbons (Fsp3) is 0.688. The van der Waals surface area contributed by atoms with Crippen LogP contribution in [0.3, 0.4) is 0 Å². The van der Waals surface area contributed by atoms with Crippen LogP contribution < -0.4 is 15.5 Å². The van der Waals surface area contributed by atoms with Gasteiger partial charge in [-0.25, -0.2) is 4.98 Å². The number of hydrogen-bond acceptors (Lipinski definition) is 4. The van der Waals surface area contributed by atoms with Crippen LogP contribution in [0.25, 0.3) is 0 Å². The van der Waals surface area contributed by atoms with E-state index in [1.807, 2.05) is 6.92 Å². The van der Waals surface area contributed by atoms with E-state index in [1.165, 1.54) is 6.42 Å². The first-order valence-corrected chi connectivity index (χ1v) is 8.54. The number of aromatic nitrogens is 2. The smallest absolute Gasteiger partial charge is 0.231 e. The zero-order chi connectivity index (χ0) is 16.1. The van der Waals surface area contributed by atoms with Crippen molar-refractivity contribution in [1.29, 1.82) is 0 Å². The molecule has 0 bridgehead atoms. The third-order valence-corrected chi connectivity index (χ3v) is 4.04. The van der Waals surface area contributed by atoms with Crippen molar-refractivity contribution in [3.63, 3.8) is 0 Å². The Hall–Kier alpha value is -1.43. The molecule has 0 spiro atoms. The molecule has 1 aliphatic rings. The van der Waals surface area contributed by atoms with Gasteiger partial charge in [0.15, 0.2) is 5.11 Å². The zero-order valence-corrected chi connectivity index (χ0v) is 14.8. The van der Waals surface area contributed by atoms with Crippen molar-refractivity contribution in [2.75, 3.05) is 29.9 Å². The molecule has 22 heavy (non-hydrogen) atoms. The molecule has 1 aliphatic heterocycles. The summed E-state index contributed by atoms with van der Waals surface area (Å²) in [5, 5.41) is 6.81. The molecular formula is C16H27N5S. The van der Waals surface area contributed by atoms with Gasteiger partial charge in [0.1, 0.15) is 5.82 Å². The highest BCUT2D eigenvalue weighted by Gasteiger charge is 2.23. The minimum Gasteiger partial charge on any atom is -0.362 e. The Balaban J connectivity index is 2.10. The molecule has 2 atom stereocenters. The van der Waals surface area contributed by atoms with Crippen LogP contribution in [0.2, 0.25) is 0 Å². The van der Waals surface area contributed by atoms with E-state index in [0.717, 1.165) is 37.6 Å². The monoisotopic (exact) mass is 321 g/mol. The van der Waals surface area contributed by atoms with Gasteiger partial charge in [-0.1, -0.05) is 20.8 Å². The second-order valence-electron chi connectivity index (χ2n) is 6.42. The van der Waals surface area contributed by atoms with Crippen molar-refractivity contribution in [3.8, 4) is 0 Å². The van der Waals surface area contributed by atoms with E-state index in [0.29, 0.717) is 22.9 Å². The maximum Gasteiger partial charge on any atom is 0.231 e. The summed E-state index contributed by atoms with van der Waals surface area (Å²) in [7, 11) is 0. The summed E-state index contributed by atoms with van der Waals surface area (Å²) in [6.45, 7) is 11.7. The van der Waals surface area contributed by atoms with Crippen LogP contribution >= 0.6 is 12.2 Å².